The van der Waals surface area contributed by atoms with Gasteiger partial charge in [0, 0.05) is 35.4 Å². The molecule has 2 aromatic rings. The van der Waals surface area contributed by atoms with Gasteiger partial charge >= 0.3 is 0 Å². The van der Waals surface area contributed by atoms with Crippen molar-refractivity contribution in [1.82, 2.24) is 15.9 Å². The first-order valence-corrected chi connectivity index (χ1v) is 8.99. The second kappa shape index (κ2) is 11.9. The van der Waals surface area contributed by atoms with Crippen LogP contribution < -0.4 is 10.9 Å². The lowest BCUT2D eigenvalue weighted by molar-refractivity contribution is -0.385. The van der Waals surface area contributed by atoms with Crippen LogP contribution in [0.4, 0.5) is 11.4 Å². The Morgan fingerprint density at radius 3 is 1.64 bits per heavy atom. The third-order valence-electron chi connectivity index (χ3n) is 3.74. The Balaban J connectivity index is 1.82. The number of amides is 2. The Hall–Kier alpha value is -5.08. The third kappa shape index (κ3) is 8.28. The van der Waals surface area contributed by atoms with Gasteiger partial charge in [-0.15, -0.1) is 4.91 Å². The van der Waals surface area contributed by atoms with Gasteiger partial charge in [-0.2, -0.15) is 10.2 Å². The van der Waals surface area contributed by atoms with Crippen molar-refractivity contribution in [2.75, 3.05) is 13.1 Å². The van der Waals surface area contributed by atoms with Crippen LogP contribution in [0.2, 0.25) is 0 Å². The van der Waals surface area contributed by atoms with Crippen LogP contribution in [0.3, 0.4) is 0 Å². The maximum atomic E-state index is 11.9. The molecule has 0 spiro atoms. The molecule has 0 heterocycles. The smallest absolute Gasteiger partial charge is 0.270 e. The number of hydrazone groups is 2. The van der Waals surface area contributed by atoms with Crippen LogP contribution in [0.1, 0.15) is 11.1 Å². The molecule has 0 aliphatic rings. The highest BCUT2D eigenvalue weighted by atomic mass is 16.6. The van der Waals surface area contributed by atoms with Crippen molar-refractivity contribution in [2.45, 2.75) is 0 Å². The van der Waals surface area contributed by atoms with Gasteiger partial charge in [0.25, 0.3) is 23.2 Å². The zero-order valence-electron chi connectivity index (χ0n) is 16.7. The minimum Gasteiger partial charge on any atom is -0.271 e. The number of nitrogens with one attached hydrogen (secondary N) is 2. The molecule has 33 heavy (non-hydrogen) atoms. The second-order valence-corrected chi connectivity index (χ2v) is 6.19. The number of nitro benzene ring substituents is 2. The predicted octanol–water partition coefficient (Wildman–Crippen LogP) is 1.09. The zero-order valence-corrected chi connectivity index (χ0v) is 16.7. The van der Waals surface area contributed by atoms with Gasteiger partial charge in [0.2, 0.25) is 0 Å². The molecule has 0 fully saturated rings. The van der Waals surface area contributed by atoms with Crippen molar-refractivity contribution < 1.29 is 19.4 Å². The maximum absolute atomic E-state index is 11.9. The minimum atomic E-state index is -0.774. The third-order valence-corrected chi connectivity index (χ3v) is 3.74. The first-order chi connectivity index (χ1) is 15.8. The average Bonchev–Trinajstić information content (AvgIpc) is 2.79. The van der Waals surface area contributed by atoms with Gasteiger partial charge < -0.3 is 0 Å². The molecule has 2 aromatic carbocycles. The molecule has 15 nitrogen and oxygen atoms in total. The lowest BCUT2D eigenvalue weighted by Gasteiger charge is -2.12. The van der Waals surface area contributed by atoms with E-state index >= 15 is 0 Å². The van der Waals surface area contributed by atoms with E-state index in [2.05, 4.69) is 26.3 Å². The van der Waals surface area contributed by atoms with E-state index in [1.165, 1.54) is 61.0 Å². The van der Waals surface area contributed by atoms with E-state index < -0.39 is 34.8 Å². The lowest BCUT2D eigenvalue weighted by Crippen LogP contribution is -2.38. The topological polar surface area (TPSA) is 202 Å². The highest BCUT2D eigenvalue weighted by Crippen LogP contribution is 2.12. The molecule has 0 aromatic heterocycles. The van der Waals surface area contributed by atoms with Crippen molar-refractivity contribution in [1.29, 1.82) is 0 Å². The second-order valence-electron chi connectivity index (χ2n) is 6.19. The molecule has 15 heteroatoms. The Kier molecular flexibility index (Phi) is 8.75. The van der Waals surface area contributed by atoms with Crippen LogP contribution >= 0.6 is 0 Å². The van der Waals surface area contributed by atoms with Crippen molar-refractivity contribution in [3.05, 3.63) is 84.8 Å². The molecule has 0 bridgehead atoms. The van der Waals surface area contributed by atoms with Crippen molar-refractivity contribution in [3.63, 3.8) is 0 Å². The number of nitroso groups, excluding NO2 is 1. The molecule has 2 rings (SSSR count). The summed E-state index contributed by atoms with van der Waals surface area (Å²) < 4.78 is 0. The minimum absolute atomic E-state index is 0.152. The van der Waals surface area contributed by atoms with Gasteiger partial charge in [0.15, 0.2) is 0 Å². The molecule has 0 aliphatic heterocycles. The largest absolute Gasteiger partial charge is 0.271 e. The Morgan fingerprint density at radius 1 is 0.848 bits per heavy atom. The number of nitrogens with zero attached hydrogens (tertiary/aromatic N) is 6. The van der Waals surface area contributed by atoms with E-state index in [-0.39, 0.29) is 11.4 Å². The van der Waals surface area contributed by atoms with Crippen LogP contribution in [0.5, 0.6) is 0 Å². The molecule has 0 saturated carbocycles. The van der Waals surface area contributed by atoms with Gasteiger partial charge in [0.05, 0.1) is 27.6 Å². The summed E-state index contributed by atoms with van der Waals surface area (Å²) in [4.78, 5) is 54.9. The van der Waals surface area contributed by atoms with Crippen molar-refractivity contribution in [3.8, 4) is 0 Å². The zero-order chi connectivity index (χ0) is 24.2. The lowest BCUT2D eigenvalue weighted by atomic mass is 10.2. The number of non-ortho nitro benzene ring substituents is 2. The average molecular weight is 456 g/mol. The summed E-state index contributed by atoms with van der Waals surface area (Å²) in [5.41, 5.74) is 4.61. The number of hydrogen-bond donors (Lipinski definition) is 2. The molecule has 0 atom stereocenters. The first-order valence-electron chi connectivity index (χ1n) is 8.99. The van der Waals surface area contributed by atoms with Crippen LogP contribution in [-0.4, -0.2) is 52.2 Å². The number of carbonyl (C=O) groups excluding carboxylic acids is 2. The fraction of sp³-hybridized carbons (Fsp3) is 0.111. The predicted molar refractivity (Wildman–Crippen MR) is 115 cm³/mol. The summed E-state index contributed by atoms with van der Waals surface area (Å²) in [5, 5.41) is 31.9. The van der Waals surface area contributed by atoms with E-state index in [9.17, 15) is 34.7 Å². The maximum Gasteiger partial charge on any atom is 0.270 e. The molecular formula is C18H16N8O7. The summed E-state index contributed by atoms with van der Waals surface area (Å²) in [6.07, 6.45) is 2.33. The fourth-order valence-corrected chi connectivity index (χ4v) is 2.31. The summed E-state index contributed by atoms with van der Waals surface area (Å²) in [6.45, 7) is -1.20. The molecule has 2 amide bonds. The van der Waals surface area contributed by atoms with Gasteiger partial charge in [-0.05, 0) is 0 Å². The van der Waals surface area contributed by atoms with E-state index in [4.69, 9.17) is 0 Å². The molecular weight excluding hydrogens is 440 g/mol. The fourth-order valence-electron chi connectivity index (χ4n) is 2.31. The molecule has 0 saturated heterocycles. The highest BCUT2D eigenvalue weighted by Gasteiger charge is 2.13. The summed E-state index contributed by atoms with van der Waals surface area (Å²) in [5.74, 6) is -1.55. The number of rotatable bonds is 11. The van der Waals surface area contributed by atoms with Gasteiger partial charge in [-0.3, -0.25) is 29.8 Å². The molecule has 0 aliphatic carbocycles. The number of benzene rings is 2. The quantitative estimate of drug-likeness (QED) is 0.216. The Labute approximate surface area is 185 Å². The summed E-state index contributed by atoms with van der Waals surface area (Å²) >= 11 is 0. The number of nitro groups is 2. The van der Waals surface area contributed by atoms with Crippen LogP contribution in [0, 0.1) is 25.1 Å². The van der Waals surface area contributed by atoms with Crippen LogP contribution in [-0.2, 0) is 9.59 Å². The molecule has 0 radical (unpaired) electrons. The number of hydrogen-bond acceptors (Lipinski definition) is 10. The van der Waals surface area contributed by atoms with Crippen molar-refractivity contribution in [2.24, 2.45) is 15.5 Å². The van der Waals surface area contributed by atoms with Crippen LogP contribution in [0.15, 0.2) is 64.0 Å². The van der Waals surface area contributed by atoms with Crippen LogP contribution in [0.25, 0.3) is 0 Å². The summed E-state index contributed by atoms with van der Waals surface area (Å²) in [7, 11) is 0. The van der Waals surface area contributed by atoms with Gasteiger partial charge in [0.1, 0.15) is 13.1 Å². The summed E-state index contributed by atoms with van der Waals surface area (Å²) in [6, 6.07) is 11.0. The highest BCUT2D eigenvalue weighted by molar-refractivity contribution is 5.85. The standard InChI is InChI=1S/C18H16N8O7/c27-17(21-19-9-13-3-1-5-15(7-13)25(30)31)11-24(23-29)12-18(28)22-20-10-14-4-2-6-16(8-14)26(32)33/h1-10H,11-12H2,(H,21,27)(H,22,28)/b19-9-,20-10+. The van der Waals surface area contributed by atoms with E-state index in [0.717, 1.165) is 0 Å². The van der Waals surface area contributed by atoms with Crippen molar-refractivity contribution >= 4 is 35.6 Å². The van der Waals surface area contributed by atoms with Gasteiger partial charge in [-0.1, -0.05) is 24.3 Å². The Morgan fingerprint density at radius 2 is 1.27 bits per heavy atom. The molecule has 2 N–H and O–H groups in total. The van der Waals surface area contributed by atoms with E-state index in [1.54, 1.807) is 0 Å². The Bertz CT molecular complexity index is 1030. The normalized spacial score (nSPS) is 10.7. The molecule has 170 valence electrons. The monoisotopic (exact) mass is 456 g/mol. The van der Waals surface area contributed by atoms with E-state index in [0.29, 0.717) is 16.1 Å². The van der Waals surface area contributed by atoms with Gasteiger partial charge in [-0.25, -0.2) is 15.9 Å². The van der Waals surface area contributed by atoms with E-state index in [1.807, 2.05) is 0 Å². The molecule has 0 unspecified atom stereocenters. The number of carbonyl (C=O) groups is 2. The first kappa shape index (κ1) is 24.2. The SMILES string of the molecule is O=NN(CC(=O)N/N=C\c1cccc([N+](=O)[O-])c1)CC(=O)N/N=C/c1cccc([N+](=O)[O-])c1.